The third kappa shape index (κ3) is 1.75. The monoisotopic (exact) mass is 223 g/mol. The van der Waals surface area contributed by atoms with E-state index in [2.05, 4.69) is 37.4 Å². The van der Waals surface area contributed by atoms with Crippen molar-refractivity contribution in [3.63, 3.8) is 0 Å². The van der Waals surface area contributed by atoms with E-state index in [1.54, 1.807) is 22.7 Å². The molecule has 74 valence electrons. The zero-order valence-corrected chi connectivity index (χ0v) is 9.91. The van der Waals surface area contributed by atoms with Crippen molar-refractivity contribution in [1.29, 1.82) is 0 Å². The Labute approximate surface area is 92.2 Å². The van der Waals surface area contributed by atoms with Crippen LogP contribution in [-0.4, -0.2) is 0 Å². The molecule has 0 bridgehead atoms. The van der Waals surface area contributed by atoms with Crippen molar-refractivity contribution in [2.75, 3.05) is 0 Å². The third-order valence-electron chi connectivity index (χ3n) is 2.25. The van der Waals surface area contributed by atoms with Gasteiger partial charge in [-0.05, 0) is 43.0 Å². The normalized spacial score (nSPS) is 13.1. The molecule has 3 heteroatoms. The number of hydrogen-bond donors (Lipinski definition) is 1. The average Bonchev–Trinajstić information content (AvgIpc) is 2.73. The minimum absolute atomic E-state index is 0.0636. The van der Waals surface area contributed by atoms with E-state index in [-0.39, 0.29) is 6.04 Å². The molecule has 2 aromatic heterocycles. The Kier molecular flexibility index (Phi) is 2.72. The Bertz CT molecular complexity index is 428. The fraction of sp³-hybridized carbons (Fsp3) is 0.273. The van der Waals surface area contributed by atoms with E-state index >= 15 is 0 Å². The second-order valence-electron chi connectivity index (χ2n) is 3.39. The molecule has 1 atom stereocenters. The lowest BCUT2D eigenvalue weighted by Gasteiger charge is -2.08. The van der Waals surface area contributed by atoms with Crippen LogP contribution in [0.1, 0.15) is 26.2 Å². The van der Waals surface area contributed by atoms with Gasteiger partial charge in [-0.3, -0.25) is 0 Å². The predicted octanol–water partition coefficient (Wildman–Crippen LogP) is 3.47. The molecular formula is C11H13NS2. The highest BCUT2D eigenvalue weighted by molar-refractivity contribution is 7.13. The van der Waals surface area contributed by atoms with Crippen molar-refractivity contribution in [2.45, 2.75) is 19.9 Å². The lowest BCUT2D eigenvalue weighted by Crippen LogP contribution is -2.09. The molecule has 0 amide bonds. The summed E-state index contributed by atoms with van der Waals surface area (Å²) in [5, 5.41) is 2.10. The minimum atomic E-state index is 0.0636. The molecule has 0 aromatic carbocycles. The van der Waals surface area contributed by atoms with E-state index in [4.69, 9.17) is 5.73 Å². The Morgan fingerprint density at radius 2 is 2.00 bits per heavy atom. The summed E-state index contributed by atoms with van der Waals surface area (Å²) < 4.78 is 0. The SMILES string of the molecule is Cc1ccc(C(N)c2sccc2C)s1. The van der Waals surface area contributed by atoms with E-state index in [0.717, 1.165) is 0 Å². The highest BCUT2D eigenvalue weighted by Gasteiger charge is 2.13. The fourth-order valence-electron chi connectivity index (χ4n) is 1.45. The number of hydrogen-bond acceptors (Lipinski definition) is 3. The average molecular weight is 223 g/mol. The van der Waals surface area contributed by atoms with Crippen LogP contribution in [0.5, 0.6) is 0 Å². The second kappa shape index (κ2) is 3.85. The summed E-state index contributed by atoms with van der Waals surface area (Å²) in [5.41, 5.74) is 7.50. The highest BCUT2D eigenvalue weighted by Crippen LogP contribution is 2.31. The molecule has 2 heterocycles. The molecule has 2 N–H and O–H groups in total. The zero-order valence-electron chi connectivity index (χ0n) is 8.28. The lowest BCUT2D eigenvalue weighted by atomic mass is 10.1. The van der Waals surface area contributed by atoms with Gasteiger partial charge in [-0.25, -0.2) is 0 Å². The Morgan fingerprint density at radius 1 is 1.21 bits per heavy atom. The van der Waals surface area contributed by atoms with Gasteiger partial charge in [0.2, 0.25) is 0 Å². The summed E-state index contributed by atoms with van der Waals surface area (Å²) in [6.45, 7) is 4.23. The summed E-state index contributed by atoms with van der Waals surface area (Å²) in [6, 6.07) is 6.45. The second-order valence-corrected chi connectivity index (χ2v) is 5.66. The summed E-state index contributed by atoms with van der Waals surface area (Å²) in [5.74, 6) is 0. The molecule has 0 radical (unpaired) electrons. The molecule has 2 rings (SSSR count). The first kappa shape index (κ1) is 9.90. The van der Waals surface area contributed by atoms with Crippen LogP contribution in [-0.2, 0) is 0 Å². The van der Waals surface area contributed by atoms with Crippen LogP contribution >= 0.6 is 22.7 Å². The molecule has 0 saturated heterocycles. The summed E-state index contributed by atoms with van der Waals surface area (Å²) in [4.78, 5) is 3.87. The van der Waals surface area contributed by atoms with E-state index in [1.165, 1.54) is 20.2 Å². The minimum Gasteiger partial charge on any atom is -0.319 e. The first-order chi connectivity index (χ1) is 6.68. The topological polar surface area (TPSA) is 26.0 Å². The number of nitrogens with two attached hydrogens (primary N) is 1. The van der Waals surface area contributed by atoms with Gasteiger partial charge in [0.1, 0.15) is 0 Å². The predicted molar refractivity (Wildman–Crippen MR) is 64.1 cm³/mol. The maximum absolute atomic E-state index is 6.20. The van der Waals surface area contributed by atoms with Crippen LogP contribution < -0.4 is 5.73 Å². The molecule has 1 nitrogen and oxygen atoms in total. The van der Waals surface area contributed by atoms with Gasteiger partial charge in [0.05, 0.1) is 6.04 Å². The van der Waals surface area contributed by atoms with Gasteiger partial charge in [-0.2, -0.15) is 0 Å². The van der Waals surface area contributed by atoms with Gasteiger partial charge in [-0.1, -0.05) is 0 Å². The van der Waals surface area contributed by atoms with Crippen molar-refractivity contribution in [3.8, 4) is 0 Å². The van der Waals surface area contributed by atoms with Crippen LogP contribution in [0.25, 0.3) is 0 Å². The molecule has 1 unspecified atom stereocenters. The molecule has 0 aliphatic rings. The maximum Gasteiger partial charge on any atom is 0.0742 e. The number of rotatable bonds is 2. The molecule has 0 aliphatic heterocycles. The van der Waals surface area contributed by atoms with Gasteiger partial charge in [0.25, 0.3) is 0 Å². The molecule has 2 aromatic rings. The fourth-order valence-corrected chi connectivity index (χ4v) is 3.36. The van der Waals surface area contributed by atoms with E-state index in [9.17, 15) is 0 Å². The first-order valence-corrected chi connectivity index (χ1v) is 6.24. The number of thiophene rings is 2. The molecule has 0 saturated carbocycles. The van der Waals surface area contributed by atoms with Crippen LogP contribution in [0.4, 0.5) is 0 Å². The Hall–Kier alpha value is -0.640. The van der Waals surface area contributed by atoms with Crippen molar-refractivity contribution >= 4 is 22.7 Å². The quantitative estimate of drug-likeness (QED) is 0.829. The van der Waals surface area contributed by atoms with Crippen LogP contribution in [0.15, 0.2) is 23.6 Å². The van der Waals surface area contributed by atoms with Gasteiger partial charge < -0.3 is 5.73 Å². The molecule has 0 aliphatic carbocycles. The van der Waals surface area contributed by atoms with Crippen molar-refractivity contribution in [3.05, 3.63) is 43.8 Å². The first-order valence-electron chi connectivity index (χ1n) is 4.54. The molecule has 0 spiro atoms. The highest BCUT2D eigenvalue weighted by atomic mass is 32.1. The molecular weight excluding hydrogens is 210 g/mol. The lowest BCUT2D eigenvalue weighted by molar-refractivity contribution is 0.908. The summed E-state index contributed by atoms with van der Waals surface area (Å²) >= 11 is 3.53. The van der Waals surface area contributed by atoms with Crippen molar-refractivity contribution < 1.29 is 0 Å². The van der Waals surface area contributed by atoms with Crippen LogP contribution in [0, 0.1) is 13.8 Å². The van der Waals surface area contributed by atoms with Crippen LogP contribution in [0.3, 0.4) is 0 Å². The Morgan fingerprint density at radius 3 is 2.50 bits per heavy atom. The van der Waals surface area contributed by atoms with Gasteiger partial charge in [0, 0.05) is 14.6 Å². The van der Waals surface area contributed by atoms with E-state index in [0.29, 0.717) is 0 Å². The zero-order chi connectivity index (χ0) is 10.1. The number of aryl methyl sites for hydroxylation is 2. The maximum atomic E-state index is 6.20. The summed E-state index contributed by atoms with van der Waals surface area (Å²) in [7, 11) is 0. The summed E-state index contributed by atoms with van der Waals surface area (Å²) in [6.07, 6.45) is 0. The van der Waals surface area contributed by atoms with E-state index < -0.39 is 0 Å². The Balaban J connectivity index is 2.33. The van der Waals surface area contributed by atoms with Gasteiger partial charge >= 0.3 is 0 Å². The third-order valence-corrected chi connectivity index (χ3v) is 4.44. The smallest absolute Gasteiger partial charge is 0.0742 e. The van der Waals surface area contributed by atoms with Crippen LogP contribution in [0.2, 0.25) is 0 Å². The van der Waals surface area contributed by atoms with Crippen molar-refractivity contribution in [2.24, 2.45) is 5.73 Å². The van der Waals surface area contributed by atoms with Gasteiger partial charge in [-0.15, -0.1) is 22.7 Å². The van der Waals surface area contributed by atoms with Crippen molar-refractivity contribution in [1.82, 2.24) is 0 Å². The molecule has 0 fully saturated rings. The van der Waals surface area contributed by atoms with E-state index in [1.807, 2.05) is 0 Å². The van der Waals surface area contributed by atoms with Gasteiger partial charge in [0.15, 0.2) is 0 Å². The largest absolute Gasteiger partial charge is 0.319 e. The standard InChI is InChI=1S/C11H13NS2/c1-7-5-6-13-11(7)10(12)9-4-3-8(2)14-9/h3-6,10H,12H2,1-2H3. The molecule has 14 heavy (non-hydrogen) atoms.